The molecule has 1 aromatic heterocycles. The number of hydrogen-bond acceptors (Lipinski definition) is 3. The summed E-state index contributed by atoms with van der Waals surface area (Å²) in [5.41, 5.74) is 5.97. The minimum Gasteiger partial charge on any atom is -0.370 e. The van der Waals surface area contributed by atoms with Gasteiger partial charge in [0.1, 0.15) is 12.4 Å². The first kappa shape index (κ1) is 11.5. The molecule has 3 rings (SSSR count). The van der Waals surface area contributed by atoms with Gasteiger partial charge in [-0.1, -0.05) is 0 Å². The van der Waals surface area contributed by atoms with E-state index >= 15 is 0 Å². The Morgan fingerprint density at radius 3 is 3.06 bits per heavy atom. The maximum absolute atomic E-state index is 5.97. The van der Waals surface area contributed by atoms with Crippen molar-refractivity contribution in [2.45, 2.75) is 51.2 Å². The molecule has 98 valence electrons. The lowest BCUT2D eigenvalue weighted by atomic mass is 10.2. The fourth-order valence-corrected chi connectivity index (χ4v) is 2.40. The van der Waals surface area contributed by atoms with Crippen LogP contribution in [-0.2, 0) is 19.5 Å². The zero-order valence-electron chi connectivity index (χ0n) is 10.8. The van der Waals surface area contributed by atoms with E-state index in [9.17, 15) is 0 Å². The number of guanidine groups is 1. The van der Waals surface area contributed by atoms with Gasteiger partial charge in [-0.15, -0.1) is 10.2 Å². The first-order chi connectivity index (χ1) is 8.75. The maximum atomic E-state index is 5.97. The summed E-state index contributed by atoms with van der Waals surface area (Å²) in [5, 5.41) is 8.44. The second kappa shape index (κ2) is 4.59. The molecule has 0 aromatic carbocycles. The first-order valence-electron chi connectivity index (χ1n) is 6.69. The maximum Gasteiger partial charge on any atom is 0.191 e. The normalized spacial score (nSPS) is 19.7. The van der Waals surface area contributed by atoms with Crippen molar-refractivity contribution in [1.29, 1.82) is 0 Å². The van der Waals surface area contributed by atoms with Gasteiger partial charge in [0.05, 0.1) is 0 Å². The predicted molar refractivity (Wildman–Crippen MR) is 69.1 cm³/mol. The van der Waals surface area contributed by atoms with E-state index in [1.54, 1.807) is 0 Å². The number of hydrogen-bond donors (Lipinski definition) is 1. The summed E-state index contributed by atoms with van der Waals surface area (Å²) in [4.78, 5) is 6.50. The molecule has 2 N–H and O–H groups in total. The molecule has 2 aliphatic rings. The molecule has 2 heterocycles. The molecule has 6 heteroatoms. The Hall–Kier alpha value is -1.59. The molecule has 1 aromatic rings. The number of rotatable bonds is 3. The molecule has 1 fully saturated rings. The fourth-order valence-electron chi connectivity index (χ4n) is 2.40. The van der Waals surface area contributed by atoms with Crippen LogP contribution in [0.25, 0.3) is 0 Å². The molecule has 0 bridgehead atoms. The molecule has 1 aliphatic carbocycles. The topological polar surface area (TPSA) is 72.3 Å². The van der Waals surface area contributed by atoms with Gasteiger partial charge >= 0.3 is 0 Å². The van der Waals surface area contributed by atoms with E-state index in [2.05, 4.69) is 24.7 Å². The fraction of sp³-hybridized carbons (Fsp3) is 0.750. The van der Waals surface area contributed by atoms with E-state index in [-0.39, 0.29) is 0 Å². The van der Waals surface area contributed by atoms with Crippen LogP contribution in [0.3, 0.4) is 0 Å². The lowest BCUT2D eigenvalue weighted by molar-refractivity contribution is 0.483. The monoisotopic (exact) mass is 248 g/mol. The molecule has 0 unspecified atom stereocenters. The van der Waals surface area contributed by atoms with Gasteiger partial charge in [0.25, 0.3) is 0 Å². The highest BCUT2D eigenvalue weighted by Crippen LogP contribution is 2.25. The molecule has 0 spiro atoms. The van der Waals surface area contributed by atoms with E-state index in [1.165, 1.54) is 25.7 Å². The molecule has 18 heavy (non-hydrogen) atoms. The summed E-state index contributed by atoms with van der Waals surface area (Å²) < 4.78 is 2.19. The third-order valence-corrected chi connectivity index (χ3v) is 3.77. The van der Waals surface area contributed by atoms with E-state index < -0.39 is 0 Å². The van der Waals surface area contributed by atoms with Gasteiger partial charge in [-0.05, 0) is 25.7 Å². The van der Waals surface area contributed by atoms with Gasteiger partial charge in [0.15, 0.2) is 11.8 Å². The highest BCUT2D eigenvalue weighted by molar-refractivity contribution is 5.78. The smallest absolute Gasteiger partial charge is 0.191 e. The number of aromatic nitrogens is 3. The largest absolute Gasteiger partial charge is 0.370 e. The summed E-state index contributed by atoms with van der Waals surface area (Å²) in [6.07, 6.45) is 5.92. The molecule has 6 nitrogen and oxygen atoms in total. The van der Waals surface area contributed by atoms with Crippen molar-refractivity contribution in [2.75, 3.05) is 7.05 Å². The van der Waals surface area contributed by atoms with E-state index in [4.69, 9.17) is 5.73 Å². The van der Waals surface area contributed by atoms with Gasteiger partial charge in [0.2, 0.25) is 0 Å². The Kier molecular flexibility index (Phi) is 2.93. The van der Waals surface area contributed by atoms with E-state index in [1.807, 2.05) is 7.05 Å². The molecular formula is C12H20N6. The number of aryl methyl sites for hydroxylation is 1. The van der Waals surface area contributed by atoms with E-state index in [0.29, 0.717) is 18.5 Å². The Morgan fingerprint density at radius 1 is 1.44 bits per heavy atom. The van der Waals surface area contributed by atoms with Crippen LogP contribution < -0.4 is 5.73 Å². The number of nitrogens with two attached hydrogens (primary N) is 1. The Morgan fingerprint density at radius 2 is 2.28 bits per heavy atom. The van der Waals surface area contributed by atoms with Crippen LogP contribution in [0.5, 0.6) is 0 Å². The summed E-state index contributed by atoms with van der Waals surface area (Å²) in [7, 11) is 2.01. The predicted octanol–water partition coefficient (Wildman–Crippen LogP) is 0.523. The van der Waals surface area contributed by atoms with Gasteiger partial charge < -0.3 is 15.2 Å². The minimum atomic E-state index is 0.538. The molecule has 0 saturated heterocycles. The molecule has 1 saturated carbocycles. The van der Waals surface area contributed by atoms with Gasteiger partial charge in [-0.3, -0.25) is 0 Å². The number of aliphatic imine (C=N–C) groups is 1. The summed E-state index contributed by atoms with van der Waals surface area (Å²) in [5.74, 6) is 2.66. The summed E-state index contributed by atoms with van der Waals surface area (Å²) in [6.45, 7) is 1.56. The first-order valence-corrected chi connectivity index (χ1v) is 6.69. The average Bonchev–Trinajstić information content (AvgIpc) is 3.16. The van der Waals surface area contributed by atoms with Crippen molar-refractivity contribution in [1.82, 2.24) is 19.7 Å². The molecule has 0 amide bonds. The second-order valence-corrected chi connectivity index (χ2v) is 5.16. The SMILES string of the molecule is CN(C(N)=NCc1nnc2n1CCCC2)C1CC1. The van der Waals surface area contributed by atoms with Crippen LogP contribution >= 0.6 is 0 Å². The molecule has 0 radical (unpaired) electrons. The summed E-state index contributed by atoms with van der Waals surface area (Å²) >= 11 is 0. The molecule has 1 aliphatic heterocycles. The van der Waals surface area contributed by atoms with Gasteiger partial charge in [-0.2, -0.15) is 0 Å². The zero-order valence-corrected chi connectivity index (χ0v) is 10.8. The number of nitrogens with zero attached hydrogens (tertiary/aromatic N) is 5. The third-order valence-electron chi connectivity index (χ3n) is 3.77. The average molecular weight is 248 g/mol. The van der Waals surface area contributed by atoms with Gasteiger partial charge in [0, 0.05) is 26.1 Å². The second-order valence-electron chi connectivity index (χ2n) is 5.16. The lowest BCUT2D eigenvalue weighted by Gasteiger charge is -2.17. The molecule has 0 atom stereocenters. The van der Waals surface area contributed by atoms with Crippen molar-refractivity contribution in [3.63, 3.8) is 0 Å². The van der Waals surface area contributed by atoms with Crippen LogP contribution in [0.1, 0.15) is 37.3 Å². The van der Waals surface area contributed by atoms with Crippen molar-refractivity contribution >= 4 is 5.96 Å². The highest BCUT2D eigenvalue weighted by Gasteiger charge is 2.27. The Labute approximate surface area is 107 Å². The van der Waals surface area contributed by atoms with Crippen LogP contribution in [0, 0.1) is 0 Å². The highest BCUT2D eigenvalue weighted by atomic mass is 15.3. The minimum absolute atomic E-state index is 0.538. The summed E-state index contributed by atoms with van der Waals surface area (Å²) in [6, 6.07) is 0.598. The van der Waals surface area contributed by atoms with Crippen molar-refractivity contribution in [3.05, 3.63) is 11.6 Å². The van der Waals surface area contributed by atoms with Crippen LogP contribution in [0.4, 0.5) is 0 Å². The third kappa shape index (κ3) is 2.19. The Bertz CT molecular complexity index is 459. The van der Waals surface area contributed by atoms with Crippen molar-refractivity contribution < 1.29 is 0 Å². The zero-order chi connectivity index (χ0) is 12.5. The lowest BCUT2D eigenvalue weighted by Crippen LogP contribution is -2.35. The van der Waals surface area contributed by atoms with Crippen LogP contribution in [-0.4, -0.2) is 38.7 Å². The van der Waals surface area contributed by atoms with Gasteiger partial charge in [-0.25, -0.2) is 4.99 Å². The van der Waals surface area contributed by atoms with Crippen LogP contribution in [0.15, 0.2) is 4.99 Å². The van der Waals surface area contributed by atoms with E-state index in [0.717, 1.165) is 24.6 Å². The van der Waals surface area contributed by atoms with Crippen molar-refractivity contribution in [2.24, 2.45) is 10.7 Å². The molecular weight excluding hydrogens is 228 g/mol. The number of fused-ring (bicyclic) bond motifs is 1. The quantitative estimate of drug-likeness (QED) is 0.625. The Balaban J connectivity index is 1.68. The van der Waals surface area contributed by atoms with Crippen molar-refractivity contribution in [3.8, 4) is 0 Å². The standard InChI is InChI=1S/C12H20N6/c1-17(9-5-6-9)12(13)14-8-11-16-15-10-4-2-3-7-18(10)11/h9H,2-8H2,1H3,(H2,13,14). The van der Waals surface area contributed by atoms with Crippen LogP contribution in [0.2, 0.25) is 0 Å².